The third kappa shape index (κ3) is 5.54. The van der Waals surface area contributed by atoms with Gasteiger partial charge in [-0.2, -0.15) is 0 Å². The van der Waals surface area contributed by atoms with Crippen LogP contribution in [0.25, 0.3) is 10.8 Å². The number of amides is 1. The summed E-state index contributed by atoms with van der Waals surface area (Å²) in [6, 6.07) is 21.4. The molecule has 1 amide bonds. The summed E-state index contributed by atoms with van der Waals surface area (Å²) in [5.41, 5.74) is 1.21. The van der Waals surface area contributed by atoms with Crippen molar-refractivity contribution in [3.8, 4) is 11.5 Å². The second-order valence-corrected chi connectivity index (χ2v) is 7.50. The molecule has 0 aliphatic carbocycles. The van der Waals surface area contributed by atoms with E-state index in [9.17, 15) is 4.79 Å². The molecule has 4 rings (SSSR count). The number of nitrogens with one attached hydrogen (secondary N) is 1. The number of para-hydroxylation sites is 1. The maximum Gasteiger partial charge on any atom is 0.412 e. The van der Waals surface area contributed by atoms with Crippen molar-refractivity contribution in [1.82, 2.24) is 5.32 Å². The molecule has 1 aliphatic rings. The molecule has 0 aromatic heterocycles. The molecule has 1 saturated heterocycles. The van der Waals surface area contributed by atoms with Gasteiger partial charge >= 0.3 is 6.09 Å². The smallest absolute Gasteiger partial charge is 0.412 e. The lowest BCUT2D eigenvalue weighted by atomic mass is 9.94. The molecule has 3 aromatic carbocycles. The van der Waals surface area contributed by atoms with Crippen LogP contribution in [0.5, 0.6) is 11.5 Å². The van der Waals surface area contributed by atoms with E-state index in [2.05, 4.69) is 35.6 Å². The molecule has 0 bridgehead atoms. The largest absolute Gasteiger partial charge is 0.497 e. The third-order valence-electron chi connectivity index (χ3n) is 5.37. The normalized spacial score (nSPS) is 18.5. The zero-order valence-corrected chi connectivity index (χ0v) is 17.6. The molecule has 6 nitrogen and oxygen atoms in total. The van der Waals surface area contributed by atoms with E-state index >= 15 is 0 Å². The van der Waals surface area contributed by atoms with Gasteiger partial charge in [0.25, 0.3) is 0 Å². The van der Waals surface area contributed by atoms with E-state index in [0.717, 1.165) is 12.2 Å². The first kappa shape index (κ1) is 21.2. The summed E-state index contributed by atoms with van der Waals surface area (Å²) < 4.78 is 22.5. The highest BCUT2D eigenvalue weighted by Crippen LogP contribution is 2.31. The van der Waals surface area contributed by atoms with Crippen molar-refractivity contribution < 1.29 is 23.7 Å². The Morgan fingerprint density at radius 1 is 1.00 bits per heavy atom. The van der Waals surface area contributed by atoms with Crippen LogP contribution in [0.3, 0.4) is 0 Å². The third-order valence-corrected chi connectivity index (χ3v) is 5.37. The number of ether oxygens (including phenoxy) is 4. The van der Waals surface area contributed by atoms with Gasteiger partial charge in [-0.05, 0) is 47.0 Å². The van der Waals surface area contributed by atoms with E-state index in [1.165, 1.54) is 16.3 Å². The molecule has 0 atom stereocenters. The number of rotatable bonds is 7. The highest BCUT2D eigenvalue weighted by Gasteiger charge is 2.24. The number of carbonyl (C=O) groups excluding carboxylic acids is 1. The molecular formula is C25H27NO5. The Morgan fingerprint density at radius 2 is 1.81 bits per heavy atom. The lowest BCUT2D eigenvalue weighted by Gasteiger charge is -2.30. The molecule has 0 saturated carbocycles. The molecule has 31 heavy (non-hydrogen) atoms. The Labute approximate surface area is 182 Å². The SMILES string of the molecule is COc1ccc2cccc([C@H]3CO[C@H](CCCNC(=O)Oc4ccccc4)OC3)c2c1. The Hall–Kier alpha value is -3.09. The first-order valence-electron chi connectivity index (χ1n) is 10.5. The Balaban J connectivity index is 1.22. The number of benzene rings is 3. The molecule has 1 fully saturated rings. The van der Waals surface area contributed by atoms with Gasteiger partial charge in [-0.25, -0.2) is 4.79 Å². The van der Waals surface area contributed by atoms with Crippen LogP contribution in [0.2, 0.25) is 0 Å². The summed E-state index contributed by atoms with van der Waals surface area (Å²) in [7, 11) is 1.68. The fourth-order valence-electron chi connectivity index (χ4n) is 3.74. The van der Waals surface area contributed by atoms with Crippen LogP contribution in [0, 0.1) is 0 Å². The number of hydrogen-bond donors (Lipinski definition) is 1. The molecule has 0 radical (unpaired) electrons. The molecule has 6 heteroatoms. The van der Waals surface area contributed by atoms with Crippen LogP contribution in [0.4, 0.5) is 4.79 Å². The lowest BCUT2D eigenvalue weighted by molar-refractivity contribution is -0.189. The monoisotopic (exact) mass is 421 g/mol. The van der Waals surface area contributed by atoms with E-state index < -0.39 is 6.09 Å². The average Bonchev–Trinajstić information content (AvgIpc) is 2.82. The molecule has 1 heterocycles. The average molecular weight is 421 g/mol. The number of carbonyl (C=O) groups is 1. The van der Waals surface area contributed by atoms with Gasteiger partial charge in [0.15, 0.2) is 6.29 Å². The molecular weight excluding hydrogens is 394 g/mol. The minimum Gasteiger partial charge on any atom is -0.497 e. The van der Waals surface area contributed by atoms with Gasteiger partial charge in [0.05, 0.1) is 20.3 Å². The number of hydrogen-bond acceptors (Lipinski definition) is 5. The zero-order valence-electron chi connectivity index (χ0n) is 17.6. The van der Waals surface area contributed by atoms with Crippen LogP contribution >= 0.6 is 0 Å². The zero-order chi connectivity index (χ0) is 21.5. The first-order valence-corrected chi connectivity index (χ1v) is 10.5. The number of fused-ring (bicyclic) bond motifs is 1. The Bertz CT molecular complexity index is 999. The molecule has 3 aromatic rings. The lowest BCUT2D eigenvalue weighted by Crippen LogP contribution is -2.32. The van der Waals surface area contributed by atoms with Crippen molar-refractivity contribution in [2.75, 3.05) is 26.9 Å². The van der Waals surface area contributed by atoms with Gasteiger partial charge < -0.3 is 24.3 Å². The summed E-state index contributed by atoms with van der Waals surface area (Å²) in [6.45, 7) is 1.70. The minimum atomic E-state index is -0.455. The minimum absolute atomic E-state index is 0.172. The van der Waals surface area contributed by atoms with Gasteiger partial charge in [-0.1, -0.05) is 42.5 Å². The summed E-state index contributed by atoms with van der Waals surface area (Å²) in [5, 5.41) is 5.09. The van der Waals surface area contributed by atoms with Crippen molar-refractivity contribution in [1.29, 1.82) is 0 Å². The van der Waals surface area contributed by atoms with Gasteiger partial charge in [-0.3, -0.25) is 0 Å². The highest BCUT2D eigenvalue weighted by molar-refractivity contribution is 5.87. The van der Waals surface area contributed by atoms with E-state index in [1.54, 1.807) is 19.2 Å². The quantitative estimate of drug-likeness (QED) is 0.551. The molecule has 1 aliphatic heterocycles. The van der Waals surface area contributed by atoms with E-state index in [1.807, 2.05) is 24.3 Å². The Morgan fingerprint density at radius 3 is 2.58 bits per heavy atom. The highest BCUT2D eigenvalue weighted by atomic mass is 16.7. The van der Waals surface area contributed by atoms with Crippen LogP contribution in [-0.4, -0.2) is 39.3 Å². The first-order chi connectivity index (χ1) is 15.2. The molecule has 0 spiro atoms. The molecule has 1 N–H and O–H groups in total. The van der Waals surface area contributed by atoms with Gasteiger partial charge in [0.2, 0.25) is 0 Å². The fourth-order valence-corrected chi connectivity index (χ4v) is 3.74. The fraction of sp³-hybridized carbons (Fsp3) is 0.320. The maximum absolute atomic E-state index is 11.8. The van der Waals surface area contributed by atoms with Crippen molar-refractivity contribution in [2.45, 2.75) is 25.0 Å². The van der Waals surface area contributed by atoms with Gasteiger partial charge in [0, 0.05) is 18.9 Å². The van der Waals surface area contributed by atoms with Crippen LogP contribution in [0.15, 0.2) is 66.7 Å². The van der Waals surface area contributed by atoms with Crippen molar-refractivity contribution in [3.05, 3.63) is 72.3 Å². The van der Waals surface area contributed by atoms with Gasteiger partial charge in [0.1, 0.15) is 11.5 Å². The predicted molar refractivity (Wildman–Crippen MR) is 119 cm³/mol. The summed E-state index contributed by atoms with van der Waals surface area (Å²) in [5.74, 6) is 1.54. The van der Waals surface area contributed by atoms with E-state index in [0.29, 0.717) is 31.9 Å². The van der Waals surface area contributed by atoms with Crippen LogP contribution in [0.1, 0.15) is 24.3 Å². The summed E-state index contributed by atoms with van der Waals surface area (Å²) >= 11 is 0. The van der Waals surface area contributed by atoms with Crippen LogP contribution < -0.4 is 14.8 Å². The molecule has 162 valence electrons. The topological polar surface area (TPSA) is 66.0 Å². The summed E-state index contributed by atoms with van der Waals surface area (Å²) in [6.07, 6.45) is 0.739. The van der Waals surface area contributed by atoms with Crippen molar-refractivity contribution in [2.24, 2.45) is 0 Å². The second kappa shape index (κ2) is 10.3. The molecule has 0 unspecified atom stereocenters. The maximum atomic E-state index is 11.8. The van der Waals surface area contributed by atoms with Crippen molar-refractivity contribution in [3.63, 3.8) is 0 Å². The Kier molecular flexibility index (Phi) is 7.02. The standard InChI is InChI=1S/C25H27NO5/c1-28-21-13-12-18-7-5-10-22(23(18)15-21)19-16-29-24(30-17-19)11-6-14-26-25(27)31-20-8-3-2-4-9-20/h2-5,7-10,12-13,15,19,24H,6,11,14,16-17H2,1H3,(H,26,27)/t19-,24-. The predicted octanol–water partition coefficient (Wildman–Crippen LogP) is 4.87. The van der Waals surface area contributed by atoms with Crippen LogP contribution in [-0.2, 0) is 9.47 Å². The van der Waals surface area contributed by atoms with Gasteiger partial charge in [-0.15, -0.1) is 0 Å². The summed E-state index contributed by atoms with van der Waals surface area (Å²) in [4.78, 5) is 11.8. The van der Waals surface area contributed by atoms with E-state index in [-0.39, 0.29) is 12.2 Å². The second-order valence-electron chi connectivity index (χ2n) is 7.50. The van der Waals surface area contributed by atoms with E-state index in [4.69, 9.17) is 18.9 Å². The number of methoxy groups -OCH3 is 1. The van der Waals surface area contributed by atoms with Crippen molar-refractivity contribution >= 4 is 16.9 Å².